The predicted octanol–water partition coefficient (Wildman–Crippen LogP) is 3.88. The van der Waals surface area contributed by atoms with Crippen molar-refractivity contribution >= 4 is 0 Å². The summed E-state index contributed by atoms with van der Waals surface area (Å²) in [6.07, 6.45) is 16.5. The van der Waals surface area contributed by atoms with E-state index in [2.05, 4.69) is 5.32 Å². The third kappa shape index (κ3) is 2.03. The first-order valence-corrected chi connectivity index (χ1v) is 7.62. The van der Waals surface area contributed by atoms with Crippen molar-refractivity contribution in [1.82, 2.24) is 5.32 Å². The highest BCUT2D eigenvalue weighted by molar-refractivity contribution is 5.01. The van der Waals surface area contributed by atoms with E-state index in [0.29, 0.717) is 0 Å². The van der Waals surface area contributed by atoms with Crippen LogP contribution in [-0.2, 0) is 0 Å². The first kappa shape index (κ1) is 11.1. The molecule has 1 N–H and O–H groups in total. The van der Waals surface area contributed by atoms with Crippen LogP contribution in [0.25, 0.3) is 0 Å². The van der Waals surface area contributed by atoms with Crippen LogP contribution in [0, 0.1) is 11.3 Å². The lowest BCUT2D eigenvalue weighted by Crippen LogP contribution is -2.54. The fourth-order valence-electron chi connectivity index (χ4n) is 4.11. The Hall–Kier alpha value is -0.0400. The van der Waals surface area contributed by atoms with Crippen LogP contribution in [0.4, 0.5) is 0 Å². The Balaban J connectivity index is 1.40. The van der Waals surface area contributed by atoms with Gasteiger partial charge >= 0.3 is 0 Å². The van der Waals surface area contributed by atoms with E-state index >= 15 is 0 Å². The van der Waals surface area contributed by atoms with Gasteiger partial charge in [-0.3, -0.25) is 0 Å². The van der Waals surface area contributed by atoms with Crippen LogP contribution in [-0.4, -0.2) is 12.6 Å². The minimum absolute atomic E-state index is 0.762. The summed E-state index contributed by atoms with van der Waals surface area (Å²) >= 11 is 0. The van der Waals surface area contributed by atoms with E-state index in [1.807, 2.05) is 0 Å². The second-order valence-electron chi connectivity index (χ2n) is 6.55. The molecular formula is C15H27N. The van der Waals surface area contributed by atoms with E-state index in [9.17, 15) is 0 Å². The van der Waals surface area contributed by atoms with E-state index in [0.717, 1.165) is 17.4 Å². The lowest BCUT2D eigenvalue weighted by Gasteiger charge is -2.53. The normalized spacial score (nSPS) is 33.4. The highest BCUT2D eigenvalue weighted by Crippen LogP contribution is 2.51. The molecule has 0 heterocycles. The van der Waals surface area contributed by atoms with Gasteiger partial charge in [-0.15, -0.1) is 0 Å². The summed E-state index contributed by atoms with van der Waals surface area (Å²) in [5.41, 5.74) is 0.762. The van der Waals surface area contributed by atoms with E-state index in [1.54, 1.807) is 0 Å². The fraction of sp³-hybridized carbons (Fsp3) is 1.00. The van der Waals surface area contributed by atoms with Crippen LogP contribution in [0.1, 0.15) is 70.6 Å². The molecule has 0 amide bonds. The lowest BCUT2D eigenvalue weighted by atomic mass is 9.57. The predicted molar refractivity (Wildman–Crippen MR) is 68.5 cm³/mol. The Morgan fingerprint density at radius 2 is 1.69 bits per heavy atom. The van der Waals surface area contributed by atoms with Gasteiger partial charge in [0.05, 0.1) is 0 Å². The van der Waals surface area contributed by atoms with Gasteiger partial charge in [-0.05, 0) is 50.0 Å². The Morgan fingerprint density at radius 1 is 0.875 bits per heavy atom. The SMILES string of the molecule is C1CCC2(CC1)CCC2NCCC1CCC1. The minimum atomic E-state index is 0.762. The molecule has 92 valence electrons. The highest BCUT2D eigenvalue weighted by atomic mass is 15.0. The molecule has 0 aromatic rings. The molecular weight excluding hydrogens is 194 g/mol. The van der Waals surface area contributed by atoms with Crippen molar-refractivity contribution in [3.63, 3.8) is 0 Å². The summed E-state index contributed by atoms with van der Waals surface area (Å²) in [6, 6.07) is 0.896. The fourth-order valence-corrected chi connectivity index (χ4v) is 4.11. The maximum absolute atomic E-state index is 3.88. The molecule has 3 aliphatic rings. The summed E-state index contributed by atoms with van der Waals surface area (Å²) < 4.78 is 0. The van der Waals surface area contributed by atoms with E-state index in [4.69, 9.17) is 0 Å². The summed E-state index contributed by atoms with van der Waals surface area (Å²) in [7, 11) is 0. The van der Waals surface area contributed by atoms with Crippen LogP contribution < -0.4 is 5.32 Å². The van der Waals surface area contributed by atoms with Crippen molar-refractivity contribution < 1.29 is 0 Å². The summed E-state index contributed by atoms with van der Waals surface area (Å²) in [5.74, 6) is 1.08. The minimum Gasteiger partial charge on any atom is -0.313 e. The van der Waals surface area contributed by atoms with E-state index in [-0.39, 0.29) is 0 Å². The van der Waals surface area contributed by atoms with Gasteiger partial charge in [-0.25, -0.2) is 0 Å². The van der Waals surface area contributed by atoms with Crippen LogP contribution in [0.3, 0.4) is 0 Å². The monoisotopic (exact) mass is 221 g/mol. The molecule has 0 saturated heterocycles. The first-order chi connectivity index (χ1) is 7.89. The van der Waals surface area contributed by atoms with Gasteiger partial charge in [0.15, 0.2) is 0 Å². The molecule has 0 aromatic carbocycles. The van der Waals surface area contributed by atoms with Crippen molar-refractivity contribution in [1.29, 1.82) is 0 Å². The van der Waals surface area contributed by atoms with Gasteiger partial charge in [0, 0.05) is 6.04 Å². The summed E-state index contributed by atoms with van der Waals surface area (Å²) in [6.45, 7) is 1.30. The Labute approximate surface area is 100 Å². The smallest absolute Gasteiger partial charge is 0.0124 e. The highest BCUT2D eigenvalue weighted by Gasteiger charge is 2.46. The molecule has 1 nitrogen and oxygen atoms in total. The molecule has 16 heavy (non-hydrogen) atoms. The van der Waals surface area contributed by atoms with Gasteiger partial charge < -0.3 is 5.32 Å². The maximum atomic E-state index is 3.88. The van der Waals surface area contributed by atoms with Crippen LogP contribution in [0.5, 0.6) is 0 Å². The molecule has 3 saturated carbocycles. The van der Waals surface area contributed by atoms with Crippen LogP contribution in [0.2, 0.25) is 0 Å². The number of hydrogen-bond donors (Lipinski definition) is 1. The molecule has 0 bridgehead atoms. The molecule has 3 aliphatic carbocycles. The van der Waals surface area contributed by atoms with Crippen molar-refractivity contribution in [2.45, 2.75) is 76.7 Å². The maximum Gasteiger partial charge on any atom is 0.0124 e. The van der Waals surface area contributed by atoms with Gasteiger partial charge in [0.1, 0.15) is 0 Å². The topological polar surface area (TPSA) is 12.0 Å². The molecule has 1 spiro atoms. The third-order valence-corrected chi connectivity index (χ3v) is 5.69. The van der Waals surface area contributed by atoms with Crippen molar-refractivity contribution in [3.05, 3.63) is 0 Å². The second-order valence-corrected chi connectivity index (χ2v) is 6.55. The number of nitrogens with one attached hydrogen (secondary N) is 1. The molecule has 0 radical (unpaired) electrons. The number of hydrogen-bond acceptors (Lipinski definition) is 1. The van der Waals surface area contributed by atoms with Crippen LogP contribution >= 0.6 is 0 Å². The Morgan fingerprint density at radius 3 is 2.25 bits per heavy atom. The average molecular weight is 221 g/mol. The Bertz CT molecular complexity index is 226. The van der Waals surface area contributed by atoms with Crippen molar-refractivity contribution in [3.8, 4) is 0 Å². The molecule has 0 aliphatic heterocycles. The molecule has 1 unspecified atom stereocenters. The largest absolute Gasteiger partial charge is 0.313 e. The zero-order valence-electron chi connectivity index (χ0n) is 10.6. The van der Waals surface area contributed by atoms with E-state index < -0.39 is 0 Å². The van der Waals surface area contributed by atoms with Crippen molar-refractivity contribution in [2.75, 3.05) is 6.54 Å². The zero-order valence-corrected chi connectivity index (χ0v) is 10.6. The van der Waals surface area contributed by atoms with Crippen LogP contribution in [0.15, 0.2) is 0 Å². The first-order valence-electron chi connectivity index (χ1n) is 7.62. The van der Waals surface area contributed by atoms with Gasteiger partial charge in [0.25, 0.3) is 0 Å². The quantitative estimate of drug-likeness (QED) is 0.759. The molecule has 3 rings (SSSR count). The average Bonchev–Trinajstić information content (AvgIpc) is 2.26. The van der Waals surface area contributed by atoms with Crippen molar-refractivity contribution in [2.24, 2.45) is 11.3 Å². The zero-order chi connectivity index (χ0) is 10.8. The van der Waals surface area contributed by atoms with Gasteiger partial charge in [-0.1, -0.05) is 38.5 Å². The standard InChI is InChI=1S/C15H27N/c1-2-9-15(10-3-1)11-7-14(15)16-12-8-13-5-4-6-13/h13-14,16H,1-12H2. The molecule has 1 heteroatoms. The molecule has 1 atom stereocenters. The lowest BCUT2D eigenvalue weighted by molar-refractivity contribution is 0.0220. The second kappa shape index (κ2) is 4.68. The van der Waals surface area contributed by atoms with Gasteiger partial charge in [-0.2, -0.15) is 0 Å². The van der Waals surface area contributed by atoms with Gasteiger partial charge in [0.2, 0.25) is 0 Å². The number of rotatable bonds is 4. The molecule has 0 aromatic heterocycles. The van der Waals surface area contributed by atoms with E-state index in [1.165, 1.54) is 77.2 Å². The molecule has 3 fully saturated rings. The summed E-state index contributed by atoms with van der Waals surface area (Å²) in [5, 5.41) is 3.88. The third-order valence-electron chi connectivity index (χ3n) is 5.69. The summed E-state index contributed by atoms with van der Waals surface area (Å²) in [4.78, 5) is 0. The Kier molecular flexibility index (Phi) is 3.24.